The fourth-order valence-corrected chi connectivity index (χ4v) is 4.85. The predicted octanol–water partition coefficient (Wildman–Crippen LogP) is 2.18. The fraction of sp³-hybridized carbons (Fsp3) is 0.579. The highest BCUT2D eigenvalue weighted by Crippen LogP contribution is 2.28. The summed E-state index contributed by atoms with van der Waals surface area (Å²) in [5.41, 5.74) is 2.19. The van der Waals surface area contributed by atoms with Crippen LogP contribution in [-0.4, -0.2) is 71.8 Å². The molecule has 0 radical (unpaired) electrons. The number of aryl methyl sites for hydroxylation is 1. The number of fused-ring (bicyclic) bond motifs is 1. The van der Waals surface area contributed by atoms with E-state index in [1.165, 1.54) is 14.1 Å². The maximum Gasteiger partial charge on any atom is 0.301 e. The SMILES string of the molecule is CC(C)Cc1nc2cc(NS(=O)(=O)N(C)C)cc(C(=O)N3CCSCC3)c2n1C. The Morgan fingerprint density at radius 2 is 1.93 bits per heavy atom. The van der Waals surface area contributed by atoms with Crippen LogP contribution < -0.4 is 4.72 Å². The lowest BCUT2D eigenvalue weighted by Gasteiger charge is -2.27. The number of anilines is 1. The lowest BCUT2D eigenvalue weighted by Crippen LogP contribution is -2.38. The number of carbonyl (C=O) groups is 1. The van der Waals surface area contributed by atoms with Gasteiger partial charge in [0.05, 0.1) is 22.3 Å². The van der Waals surface area contributed by atoms with Crippen molar-refractivity contribution < 1.29 is 13.2 Å². The summed E-state index contributed by atoms with van der Waals surface area (Å²) in [5.74, 6) is 3.03. The van der Waals surface area contributed by atoms with E-state index in [4.69, 9.17) is 4.98 Å². The number of aromatic nitrogens is 2. The van der Waals surface area contributed by atoms with Gasteiger partial charge in [-0.15, -0.1) is 0 Å². The Hall–Kier alpha value is -1.78. The lowest BCUT2D eigenvalue weighted by atomic mass is 10.1. The maximum absolute atomic E-state index is 13.3. The maximum atomic E-state index is 13.3. The van der Waals surface area contributed by atoms with Gasteiger partial charge < -0.3 is 9.47 Å². The highest BCUT2D eigenvalue weighted by molar-refractivity contribution is 7.99. The molecule has 2 aromatic rings. The molecular weight excluding hydrogens is 410 g/mol. The number of benzene rings is 1. The van der Waals surface area contributed by atoms with E-state index in [0.29, 0.717) is 35.8 Å². The van der Waals surface area contributed by atoms with Crippen molar-refractivity contribution in [2.24, 2.45) is 13.0 Å². The number of nitrogens with zero attached hydrogens (tertiary/aromatic N) is 4. The summed E-state index contributed by atoms with van der Waals surface area (Å²) >= 11 is 1.83. The molecular formula is C19H29N5O3S2. The third kappa shape index (κ3) is 4.70. The second kappa shape index (κ2) is 8.53. The van der Waals surface area contributed by atoms with Crippen molar-refractivity contribution in [2.45, 2.75) is 20.3 Å². The molecule has 3 rings (SSSR count). The van der Waals surface area contributed by atoms with E-state index in [9.17, 15) is 13.2 Å². The summed E-state index contributed by atoms with van der Waals surface area (Å²) in [5, 5.41) is 0. The van der Waals surface area contributed by atoms with E-state index in [1.54, 1.807) is 12.1 Å². The molecule has 29 heavy (non-hydrogen) atoms. The summed E-state index contributed by atoms with van der Waals surface area (Å²) in [7, 11) is 1.14. The van der Waals surface area contributed by atoms with E-state index in [0.717, 1.165) is 33.6 Å². The van der Waals surface area contributed by atoms with E-state index >= 15 is 0 Å². The topological polar surface area (TPSA) is 87.5 Å². The zero-order valence-electron chi connectivity index (χ0n) is 17.6. The largest absolute Gasteiger partial charge is 0.337 e. The average molecular weight is 440 g/mol. The van der Waals surface area contributed by atoms with Crippen LogP contribution in [0.4, 0.5) is 5.69 Å². The van der Waals surface area contributed by atoms with Crippen LogP contribution in [0.1, 0.15) is 30.0 Å². The quantitative estimate of drug-likeness (QED) is 0.745. The Balaban J connectivity index is 2.13. The van der Waals surface area contributed by atoms with Gasteiger partial charge in [0, 0.05) is 52.2 Å². The molecule has 10 heteroatoms. The molecule has 0 atom stereocenters. The van der Waals surface area contributed by atoms with Crippen LogP contribution >= 0.6 is 11.8 Å². The number of nitrogens with one attached hydrogen (secondary N) is 1. The van der Waals surface area contributed by atoms with E-state index in [-0.39, 0.29) is 5.91 Å². The fourth-order valence-electron chi connectivity index (χ4n) is 3.35. The Labute approximate surface area is 176 Å². The van der Waals surface area contributed by atoms with Gasteiger partial charge in [0.1, 0.15) is 5.82 Å². The van der Waals surface area contributed by atoms with Crippen molar-refractivity contribution in [3.05, 3.63) is 23.5 Å². The zero-order chi connectivity index (χ0) is 21.3. The summed E-state index contributed by atoms with van der Waals surface area (Å²) in [6, 6.07) is 3.33. The number of amides is 1. The van der Waals surface area contributed by atoms with Gasteiger partial charge in [-0.2, -0.15) is 24.5 Å². The molecule has 1 aromatic carbocycles. The van der Waals surface area contributed by atoms with Crippen molar-refractivity contribution in [3.63, 3.8) is 0 Å². The van der Waals surface area contributed by atoms with E-state index < -0.39 is 10.2 Å². The third-order valence-corrected chi connectivity index (χ3v) is 7.31. The van der Waals surface area contributed by atoms with Gasteiger partial charge in [-0.1, -0.05) is 13.8 Å². The van der Waals surface area contributed by atoms with E-state index in [1.807, 2.05) is 28.3 Å². The van der Waals surface area contributed by atoms with Gasteiger partial charge >= 0.3 is 10.2 Å². The number of carbonyl (C=O) groups excluding carboxylic acids is 1. The Morgan fingerprint density at radius 1 is 1.28 bits per heavy atom. The molecule has 2 heterocycles. The molecule has 160 valence electrons. The highest BCUT2D eigenvalue weighted by Gasteiger charge is 2.25. The molecule has 0 aliphatic carbocycles. The Morgan fingerprint density at radius 3 is 2.52 bits per heavy atom. The second-order valence-corrected chi connectivity index (χ2v) is 11.0. The normalized spacial score (nSPS) is 15.5. The second-order valence-electron chi connectivity index (χ2n) is 7.87. The minimum Gasteiger partial charge on any atom is -0.337 e. The van der Waals surface area contributed by atoms with Gasteiger partial charge in [0.25, 0.3) is 5.91 Å². The average Bonchev–Trinajstić information content (AvgIpc) is 2.95. The lowest BCUT2D eigenvalue weighted by molar-refractivity contribution is 0.0774. The summed E-state index contributed by atoms with van der Waals surface area (Å²) in [4.78, 5) is 19.9. The van der Waals surface area contributed by atoms with Crippen molar-refractivity contribution in [1.82, 2.24) is 18.8 Å². The monoisotopic (exact) mass is 439 g/mol. The van der Waals surface area contributed by atoms with Gasteiger partial charge in [-0.25, -0.2) is 4.98 Å². The van der Waals surface area contributed by atoms with Crippen LogP contribution in [-0.2, 0) is 23.7 Å². The van der Waals surface area contributed by atoms with Gasteiger partial charge in [0.15, 0.2) is 0 Å². The van der Waals surface area contributed by atoms with E-state index in [2.05, 4.69) is 18.6 Å². The zero-order valence-corrected chi connectivity index (χ0v) is 19.2. The Bertz CT molecular complexity index is 1010. The van der Waals surface area contributed by atoms with Crippen LogP contribution in [0, 0.1) is 5.92 Å². The number of thioether (sulfide) groups is 1. The van der Waals surface area contributed by atoms with Gasteiger partial charge in [0.2, 0.25) is 0 Å². The number of imidazole rings is 1. The molecule has 0 spiro atoms. The molecule has 1 aliphatic rings. The molecule has 1 saturated heterocycles. The van der Waals surface area contributed by atoms with Crippen LogP contribution in [0.15, 0.2) is 12.1 Å². The molecule has 8 nitrogen and oxygen atoms in total. The molecule has 0 unspecified atom stereocenters. The van der Waals surface area contributed by atoms with Crippen LogP contribution in [0.2, 0.25) is 0 Å². The van der Waals surface area contributed by atoms with Crippen molar-refractivity contribution in [3.8, 4) is 0 Å². The van der Waals surface area contributed by atoms with Crippen LogP contribution in [0.3, 0.4) is 0 Å². The molecule has 1 amide bonds. The number of rotatable bonds is 6. The summed E-state index contributed by atoms with van der Waals surface area (Å²) in [6.45, 7) is 5.62. The van der Waals surface area contributed by atoms with Crippen LogP contribution in [0.5, 0.6) is 0 Å². The first-order chi connectivity index (χ1) is 13.6. The minimum absolute atomic E-state index is 0.0831. The number of hydrogen-bond acceptors (Lipinski definition) is 5. The predicted molar refractivity (Wildman–Crippen MR) is 119 cm³/mol. The van der Waals surface area contributed by atoms with Crippen molar-refractivity contribution in [2.75, 3.05) is 43.4 Å². The van der Waals surface area contributed by atoms with Crippen LogP contribution in [0.25, 0.3) is 11.0 Å². The van der Waals surface area contributed by atoms with Crippen molar-refractivity contribution >= 4 is 44.6 Å². The van der Waals surface area contributed by atoms with Gasteiger partial charge in [-0.3, -0.25) is 9.52 Å². The highest BCUT2D eigenvalue weighted by atomic mass is 32.2. The molecule has 1 fully saturated rings. The van der Waals surface area contributed by atoms with Crippen molar-refractivity contribution in [1.29, 1.82) is 0 Å². The van der Waals surface area contributed by atoms with Gasteiger partial charge in [-0.05, 0) is 18.1 Å². The minimum atomic E-state index is -3.69. The standard InChI is InChI=1S/C19H29N5O3S2/c1-13(2)10-17-20-16-12-14(21-29(26,27)22(3)4)11-15(18(16)23(17)5)19(25)24-6-8-28-9-7-24/h11-13,21H,6-10H2,1-5H3. The summed E-state index contributed by atoms with van der Waals surface area (Å²) in [6.07, 6.45) is 0.776. The third-order valence-electron chi connectivity index (χ3n) is 4.91. The molecule has 0 bridgehead atoms. The molecule has 1 N–H and O–H groups in total. The first-order valence-corrected chi connectivity index (χ1v) is 12.3. The molecule has 0 saturated carbocycles. The Kier molecular flexibility index (Phi) is 6.45. The molecule has 1 aromatic heterocycles. The number of hydrogen-bond donors (Lipinski definition) is 1. The summed E-state index contributed by atoms with van der Waals surface area (Å²) < 4.78 is 30.3. The first kappa shape index (κ1) is 21.9. The molecule has 1 aliphatic heterocycles. The first-order valence-electron chi connectivity index (χ1n) is 9.66. The smallest absolute Gasteiger partial charge is 0.301 e.